The number of nitrogens with zero attached hydrogens (tertiary/aromatic N) is 2. The molecule has 84 valence electrons. The van der Waals surface area contributed by atoms with Crippen LogP contribution in [0, 0.1) is 0 Å². The summed E-state index contributed by atoms with van der Waals surface area (Å²) in [6.45, 7) is 0. The molecule has 0 aliphatic heterocycles. The van der Waals surface area contributed by atoms with Gasteiger partial charge in [0.05, 0.1) is 10.7 Å². The molecule has 0 atom stereocenters. The van der Waals surface area contributed by atoms with Crippen molar-refractivity contribution in [1.29, 1.82) is 0 Å². The number of hydrogen-bond donors (Lipinski definition) is 0. The summed E-state index contributed by atoms with van der Waals surface area (Å²) in [6.07, 6.45) is 3.89. The number of fused-ring (bicyclic) bond motifs is 1. The van der Waals surface area contributed by atoms with E-state index in [1.54, 1.807) is 12.1 Å². The van der Waals surface area contributed by atoms with Gasteiger partial charge in [0.2, 0.25) is 0 Å². The van der Waals surface area contributed by atoms with Crippen molar-refractivity contribution >= 4 is 28.8 Å². The van der Waals surface area contributed by atoms with Gasteiger partial charge in [0, 0.05) is 23.0 Å². The standard InChI is InChI=1S/C13H8Cl2N2/c14-9-4-5-11(15)10(7-9)12-8-17-6-2-1-3-13(17)16-12/h1-8H. The van der Waals surface area contributed by atoms with E-state index in [1.807, 2.05) is 41.1 Å². The third kappa shape index (κ3) is 1.90. The molecule has 0 spiro atoms. The lowest BCUT2D eigenvalue weighted by molar-refractivity contribution is 1.19. The molecule has 0 radical (unpaired) electrons. The molecule has 0 saturated heterocycles. The number of aromatic nitrogens is 2. The van der Waals surface area contributed by atoms with Gasteiger partial charge >= 0.3 is 0 Å². The van der Waals surface area contributed by atoms with Gasteiger partial charge in [0.25, 0.3) is 0 Å². The van der Waals surface area contributed by atoms with Crippen LogP contribution in [-0.2, 0) is 0 Å². The average Bonchev–Trinajstić information content (AvgIpc) is 2.75. The van der Waals surface area contributed by atoms with E-state index in [1.165, 1.54) is 0 Å². The number of imidazole rings is 1. The number of rotatable bonds is 1. The summed E-state index contributed by atoms with van der Waals surface area (Å²) in [5.41, 5.74) is 2.56. The van der Waals surface area contributed by atoms with Gasteiger partial charge in [-0.1, -0.05) is 29.3 Å². The smallest absolute Gasteiger partial charge is 0.137 e. The largest absolute Gasteiger partial charge is 0.306 e. The fraction of sp³-hybridized carbons (Fsp3) is 0. The van der Waals surface area contributed by atoms with E-state index in [0.29, 0.717) is 10.0 Å². The summed E-state index contributed by atoms with van der Waals surface area (Å²) in [4.78, 5) is 4.50. The molecule has 0 amide bonds. The van der Waals surface area contributed by atoms with Crippen LogP contribution in [0.5, 0.6) is 0 Å². The van der Waals surface area contributed by atoms with E-state index < -0.39 is 0 Å². The summed E-state index contributed by atoms with van der Waals surface area (Å²) < 4.78 is 1.95. The van der Waals surface area contributed by atoms with Crippen molar-refractivity contribution < 1.29 is 0 Å². The van der Waals surface area contributed by atoms with Gasteiger partial charge in [-0.25, -0.2) is 4.98 Å². The monoisotopic (exact) mass is 262 g/mol. The predicted molar refractivity (Wildman–Crippen MR) is 70.6 cm³/mol. The first kappa shape index (κ1) is 10.6. The number of halogens is 2. The maximum absolute atomic E-state index is 6.15. The van der Waals surface area contributed by atoms with E-state index in [0.717, 1.165) is 16.9 Å². The van der Waals surface area contributed by atoms with Crippen molar-refractivity contribution in [2.75, 3.05) is 0 Å². The zero-order valence-corrected chi connectivity index (χ0v) is 10.3. The Labute approximate surface area is 108 Å². The maximum atomic E-state index is 6.15. The Balaban J connectivity index is 2.23. The quantitative estimate of drug-likeness (QED) is 0.639. The average molecular weight is 263 g/mol. The normalized spacial score (nSPS) is 10.9. The van der Waals surface area contributed by atoms with Crippen LogP contribution in [0.1, 0.15) is 0 Å². The second kappa shape index (κ2) is 4.06. The van der Waals surface area contributed by atoms with Crippen LogP contribution in [0.4, 0.5) is 0 Å². The van der Waals surface area contributed by atoms with Gasteiger partial charge in [-0.2, -0.15) is 0 Å². The summed E-state index contributed by atoms with van der Waals surface area (Å²) in [5, 5.41) is 1.30. The van der Waals surface area contributed by atoms with Crippen LogP contribution in [0.3, 0.4) is 0 Å². The molecule has 4 heteroatoms. The highest BCUT2D eigenvalue weighted by Gasteiger charge is 2.08. The molecule has 0 fully saturated rings. The van der Waals surface area contributed by atoms with E-state index in [-0.39, 0.29) is 0 Å². The maximum Gasteiger partial charge on any atom is 0.137 e. The highest BCUT2D eigenvalue weighted by molar-refractivity contribution is 6.35. The first-order valence-corrected chi connectivity index (χ1v) is 5.89. The van der Waals surface area contributed by atoms with Gasteiger partial charge in [0.1, 0.15) is 5.65 Å². The van der Waals surface area contributed by atoms with Crippen LogP contribution in [0.25, 0.3) is 16.9 Å². The highest BCUT2D eigenvalue weighted by Crippen LogP contribution is 2.29. The molecule has 2 aromatic heterocycles. The third-order valence-electron chi connectivity index (χ3n) is 2.57. The topological polar surface area (TPSA) is 17.3 Å². The molecule has 1 aromatic carbocycles. The Kier molecular flexibility index (Phi) is 2.54. The fourth-order valence-electron chi connectivity index (χ4n) is 1.76. The van der Waals surface area contributed by atoms with Gasteiger partial charge in [-0.3, -0.25) is 0 Å². The van der Waals surface area contributed by atoms with E-state index in [4.69, 9.17) is 23.2 Å². The first-order chi connectivity index (χ1) is 8.24. The van der Waals surface area contributed by atoms with Crippen molar-refractivity contribution in [1.82, 2.24) is 9.38 Å². The lowest BCUT2D eigenvalue weighted by Gasteiger charge is -2.00. The molecule has 17 heavy (non-hydrogen) atoms. The minimum atomic E-state index is 0.651. The van der Waals surface area contributed by atoms with Crippen LogP contribution in [0.2, 0.25) is 10.0 Å². The van der Waals surface area contributed by atoms with Crippen LogP contribution in [0.15, 0.2) is 48.8 Å². The molecule has 3 aromatic rings. The molecule has 2 nitrogen and oxygen atoms in total. The summed E-state index contributed by atoms with van der Waals surface area (Å²) in [5.74, 6) is 0. The van der Waals surface area contributed by atoms with Crippen molar-refractivity contribution in [2.45, 2.75) is 0 Å². The summed E-state index contributed by atoms with van der Waals surface area (Å²) in [7, 11) is 0. The predicted octanol–water partition coefficient (Wildman–Crippen LogP) is 4.31. The lowest BCUT2D eigenvalue weighted by atomic mass is 10.2. The molecule has 0 aliphatic carbocycles. The molecule has 3 rings (SSSR count). The molecule has 2 heterocycles. The van der Waals surface area contributed by atoms with Crippen LogP contribution in [-0.4, -0.2) is 9.38 Å². The van der Waals surface area contributed by atoms with Gasteiger partial charge in [0.15, 0.2) is 0 Å². The molecule has 0 aliphatic rings. The Morgan fingerprint density at radius 2 is 1.94 bits per heavy atom. The second-order valence-electron chi connectivity index (χ2n) is 3.72. The highest BCUT2D eigenvalue weighted by atomic mass is 35.5. The summed E-state index contributed by atoms with van der Waals surface area (Å²) >= 11 is 12.1. The van der Waals surface area contributed by atoms with E-state index >= 15 is 0 Å². The van der Waals surface area contributed by atoms with Crippen molar-refractivity contribution in [3.63, 3.8) is 0 Å². The summed E-state index contributed by atoms with van der Waals surface area (Å²) in [6, 6.07) is 11.2. The van der Waals surface area contributed by atoms with Crippen molar-refractivity contribution in [3.05, 3.63) is 58.8 Å². The molecular formula is C13H8Cl2N2. The zero-order chi connectivity index (χ0) is 11.8. The van der Waals surface area contributed by atoms with Gasteiger partial charge in [-0.05, 0) is 30.3 Å². The number of pyridine rings is 1. The zero-order valence-electron chi connectivity index (χ0n) is 8.77. The van der Waals surface area contributed by atoms with E-state index in [2.05, 4.69) is 4.98 Å². The Morgan fingerprint density at radius 3 is 2.76 bits per heavy atom. The molecular weight excluding hydrogens is 255 g/mol. The Hall–Kier alpha value is -1.51. The van der Waals surface area contributed by atoms with Crippen molar-refractivity contribution in [2.24, 2.45) is 0 Å². The molecule has 0 N–H and O–H groups in total. The molecule has 0 saturated carbocycles. The number of hydrogen-bond acceptors (Lipinski definition) is 1. The van der Waals surface area contributed by atoms with Crippen LogP contribution < -0.4 is 0 Å². The van der Waals surface area contributed by atoms with E-state index in [9.17, 15) is 0 Å². The third-order valence-corrected chi connectivity index (χ3v) is 3.13. The van der Waals surface area contributed by atoms with Crippen LogP contribution >= 0.6 is 23.2 Å². The molecule has 0 bridgehead atoms. The van der Waals surface area contributed by atoms with Gasteiger partial charge < -0.3 is 4.40 Å². The Morgan fingerprint density at radius 1 is 1.06 bits per heavy atom. The second-order valence-corrected chi connectivity index (χ2v) is 4.56. The number of benzene rings is 1. The SMILES string of the molecule is Clc1ccc(Cl)c(-c2cn3ccccc3n2)c1. The minimum absolute atomic E-state index is 0.651. The first-order valence-electron chi connectivity index (χ1n) is 5.13. The Bertz CT molecular complexity index is 656. The van der Waals surface area contributed by atoms with Crippen molar-refractivity contribution in [3.8, 4) is 11.3 Å². The fourth-order valence-corrected chi connectivity index (χ4v) is 2.14. The molecule has 0 unspecified atom stereocenters. The lowest BCUT2D eigenvalue weighted by Crippen LogP contribution is -1.79. The minimum Gasteiger partial charge on any atom is -0.306 e. The van der Waals surface area contributed by atoms with Gasteiger partial charge in [-0.15, -0.1) is 0 Å².